The van der Waals surface area contributed by atoms with Crippen molar-refractivity contribution in [3.05, 3.63) is 29.7 Å². The van der Waals surface area contributed by atoms with Crippen molar-refractivity contribution in [2.24, 2.45) is 7.05 Å². The van der Waals surface area contributed by atoms with Gasteiger partial charge in [0.2, 0.25) is 5.91 Å². The fraction of sp³-hybridized carbons (Fsp3) is 0.333. The van der Waals surface area contributed by atoms with Crippen molar-refractivity contribution in [3.63, 3.8) is 0 Å². The molecule has 8 heteroatoms. The number of aromatic carboxylic acids is 1. The third-order valence-corrected chi connectivity index (χ3v) is 2.72. The first kappa shape index (κ1) is 13.8. The number of carboxylic acid groups (broad SMARTS) is 1. The monoisotopic (exact) mass is 277 g/mol. The van der Waals surface area contributed by atoms with Gasteiger partial charge in [-0.05, 0) is 6.92 Å². The van der Waals surface area contributed by atoms with Crippen LogP contribution in [0.3, 0.4) is 0 Å². The van der Waals surface area contributed by atoms with Crippen molar-refractivity contribution in [1.82, 2.24) is 19.6 Å². The molecule has 0 radical (unpaired) electrons. The van der Waals surface area contributed by atoms with Gasteiger partial charge in [-0.25, -0.2) is 4.79 Å². The summed E-state index contributed by atoms with van der Waals surface area (Å²) in [5.41, 5.74) is 0.925. The zero-order valence-electron chi connectivity index (χ0n) is 11.2. The van der Waals surface area contributed by atoms with E-state index < -0.39 is 5.97 Å². The maximum atomic E-state index is 11.8. The molecule has 0 fully saturated rings. The average molecular weight is 277 g/mol. The molecule has 0 saturated heterocycles. The zero-order chi connectivity index (χ0) is 14.7. The SMILES string of the molecule is Cc1cc(NC(=O)CCn2cc(C(=O)O)cn2)n(C)n1. The van der Waals surface area contributed by atoms with Crippen LogP contribution in [0.5, 0.6) is 0 Å². The van der Waals surface area contributed by atoms with Gasteiger partial charge in [-0.15, -0.1) is 0 Å². The van der Waals surface area contributed by atoms with Gasteiger partial charge in [-0.2, -0.15) is 10.2 Å². The number of carbonyl (C=O) groups is 2. The molecule has 0 saturated carbocycles. The molecule has 0 aromatic carbocycles. The van der Waals surface area contributed by atoms with Crippen LogP contribution < -0.4 is 5.32 Å². The maximum Gasteiger partial charge on any atom is 0.338 e. The van der Waals surface area contributed by atoms with Crippen LogP contribution in [0.25, 0.3) is 0 Å². The van der Waals surface area contributed by atoms with E-state index >= 15 is 0 Å². The van der Waals surface area contributed by atoms with Gasteiger partial charge in [0.15, 0.2) is 0 Å². The molecule has 0 unspecified atom stereocenters. The van der Waals surface area contributed by atoms with Gasteiger partial charge in [-0.3, -0.25) is 14.2 Å². The molecule has 0 aliphatic rings. The van der Waals surface area contributed by atoms with E-state index in [9.17, 15) is 9.59 Å². The minimum atomic E-state index is -1.04. The molecule has 2 rings (SSSR count). The number of rotatable bonds is 5. The van der Waals surface area contributed by atoms with E-state index in [4.69, 9.17) is 5.11 Å². The number of amides is 1. The quantitative estimate of drug-likeness (QED) is 0.835. The number of nitrogens with zero attached hydrogens (tertiary/aromatic N) is 4. The van der Waals surface area contributed by atoms with Crippen LogP contribution >= 0.6 is 0 Å². The Morgan fingerprint density at radius 2 is 2.20 bits per heavy atom. The summed E-state index contributed by atoms with van der Waals surface area (Å²) in [6, 6.07) is 1.77. The van der Waals surface area contributed by atoms with Crippen molar-refractivity contribution in [2.75, 3.05) is 5.32 Å². The summed E-state index contributed by atoms with van der Waals surface area (Å²) in [6.45, 7) is 2.16. The fourth-order valence-electron chi connectivity index (χ4n) is 1.75. The summed E-state index contributed by atoms with van der Waals surface area (Å²) < 4.78 is 3.02. The largest absolute Gasteiger partial charge is 0.478 e. The second kappa shape index (κ2) is 5.55. The number of carbonyl (C=O) groups excluding carboxylic acids is 1. The van der Waals surface area contributed by atoms with Crippen molar-refractivity contribution in [2.45, 2.75) is 19.9 Å². The molecule has 0 bridgehead atoms. The smallest absolute Gasteiger partial charge is 0.338 e. The molecule has 1 amide bonds. The van der Waals surface area contributed by atoms with E-state index in [1.807, 2.05) is 6.92 Å². The lowest BCUT2D eigenvalue weighted by molar-refractivity contribution is -0.116. The Labute approximate surface area is 115 Å². The molecule has 8 nitrogen and oxygen atoms in total. The number of nitrogens with one attached hydrogen (secondary N) is 1. The van der Waals surface area contributed by atoms with Gasteiger partial charge >= 0.3 is 5.97 Å². The minimum Gasteiger partial charge on any atom is -0.478 e. The Morgan fingerprint density at radius 3 is 2.75 bits per heavy atom. The molecule has 20 heavy (non-hydrogen) atoms. The third-order valence-electron chi connectivity index (χ3n) is 2.72. The highest BCUT2D eigenvalue weighted by Crippen LogP contribution is 2.08. The lowest BCUT2D eigenvalue weighted by Gasteiger charge is -2.05. The predicted molar refractivity (Wildman–Crippen MR) is 70.4 cm³/mol. The van der Waals surface area contributed by atoms with Crippen LogP contribution in [0, 0.1) is 6.92 Å². The summed E-state index contributed by atoms with van der Waals surface area (Å²) in [5, 5.41) is 19.5. The molecule has 106 valence electrons. The summed E-state index contributed by atoms with van der Waals surface area (Å²) in [4.78, 5) is 22.5. The van der Waals surface area contributed by atoms with Crippen molar-refractivity contribution >= 4 is 17.7 Å². The topological polar surface area (TPSA) is 102 Å². The fourth-order valence-corrected chi connectivity index (χ4v) is 1.75. The average Bonchev–Trinajstić information content (AvgIpc) is 2.94. The Morgan fingerprint density at radius 1 is 1.45 bits per heavy atom. The van der Waals surface area contributed by atoms with E-state index in [1.54, 1.807) is 17.8 Å². The molecule has 2 heterocycles. The molecule has 0 atom stereocenters. The van der Waals surface area contributed by atoms with Gasteiger partial charge in [0.1, 0.15) is 5.82 Å². The molecule has 2 N–H and O–H groups in total. The third kappa shape index (κ3) is 3.22. The van der Waals surface area contributed by atoms with Crippen molar-refractivity contribution < 1.29 is 14.7 Å². The summed E-state index contributed by atoms with van der Waals surface area (Å²) >= 11 is 0. The molecular weight excluding hydrogens is 262 g/mol. The zero-order valence-corrected chi connectivity index (χ0v) is 11.2. The highest BCUT2D eigenvalue weighted by molar-refractivity contribution is 5.90. The highest BCUT2D eigenvalue weighted by Gasteiger charge is 2.09. The molecule has 0 aliphatic carbocycles. The van der Waals surface area contributed by atoms with Crippen LogP contribution in [0.2, 0.25) is 0 Å². The predicted octanol–water partition coefficient (Wildman–Crippen LogP) is 0.652. The van der Waals surface area contributed by atoms with E-state index in [-0.39, 0.29) is 17.9 Å². The van der Waals surface area contributed by atoms with Crippen LogP contribution in [0.1, 0.15) is 22.5 Å². The van der Waals surface area contributed by atoms with Gasteiger partial charge in [0.05, 0.1) is 17.5 Å². The Bertz CT molecular complexity index is 643. The summed E-state index contributed by atoms with van der Waals surface area (Å²) in [5.74, 6) is -0.592. The van der Waals surface area contributed by atoms with Crippen LogP contribution in [0.4, 0.5) is 5.82 Å². The molecule has 0 spiro atoms. The molecule has 0 aliphatic heterocycles. The number of hydrogen-bond donors (Lipinski definition) is 2. The molecule has 2 aromatic rings. The number of carboxylic acids is 1. The summed E-state index contributed by atoms with van der Waals surface area (Å²) in [6.07, 6.45) is 2.85. The standard InChI is InChI=1S/C12H15N5O3/c1-8-5-10(16(2)15-8)14-11(18)3-4-17-7-9(6-13-17)12(19)20/h5-7H,3-4H2,1-2H3,(H,14,18)(H,19,20). The second-order valence-electron chi connectivity index (χ2n) is 4.39. The van der Waals surface area contributed by atoms with E-state index in [1.165, 1.54) is 17.1 Å². The minimum absolute atomic E-state index is 0.104. The number of aryl methyl sites for hydroxylation is 3. The Hall–Kier alpha value is -2.64. The second-order valence-corrected chi connectivity index (χ2v) is 4.39. The van der Waals surface area contributed by atoms with E-state index in [0.29, 0.717) is 12.4 Å². The van der Waals surface area contributed by atoms with Crippen LogP contribution in [-0.4, -0.2) is 36.5 Å². The Kier molecular flexibility index (Phi) is 3.83. The molecule has 2 aromatic heterocycles. The Balaban J connectivity index is 1.88. The number of hydrogen-bond acceptors (Lipinski definition) is 4. The first-order chi connectivity index (χ1) is 9.45. The van der Waals surface area contributed by atoms with Gasteiger partial charge in [0.25, 0.3) is 0 Å². The first-order valence-corrected chi connectivity index (χ1v) is 6.02. The maximum absolute atomic E-state index is 11.8. The van der Waals surface area contributed by atoms with E-state index in [0.717, 1.165) is 5.69 Å². The lowest BCUT2D eigenvalue weighted by atomic mass is 10.3. The highest BCUT2D eigenvalue weighted by atomic mass is 16.4. The summed E-state index contributed by atoms with van der Waals surface area (Å²) in [7, 11) is 1.75. The molecular formula is C12H15N5O3. The van der Waals surface area contributed by atoms with Gasteiger partial charge in [-0.1, -0.05) is 0 Å². The van der Waals surface area contributed by atoms with Gasteiger partial charge in [0, 0.05) is 32.3 Å². The number of aromatic nitrogens is 4. The number of anilines is 1. The van der Waals surface area contributed by atoms with Gasteiger partial charge < -0.3 is 10.4 Å². The first-order valence-electron chi connectivity index (χ1n) is 6.02. The normalized spacial score (nSPS) is 10.5. The lowest BCUT2D eigenvalue weighted by Crippen LogP contribution is -2.16. The van der Waals surface area contributed by atoms with E-state index in [2.05, 4.69) is 15.5 Å². The van der Waals surface area contributed by atoms with Crippen molar-refractivity contribution in [3.8, 4) is 0 Å². The van der Waals surface area contributed by atoms with Crippen LogP contribution in [0.15, 0.2) is 18.5 Å². The van der Waals surface area contributed by atoms with Crippen molar-refractivity contribution in [1.29, 1.82) is 0 Å². The van der Waals surface area contributed by atoms with Crippen LogP contribution in [-0.2, 0) is 18.4 Å².